The van der Waals surface area contributed by atoms with Crippen molar-refractivity contribution in [2.24, 2.45) is 0 Å². The van der Waals surface area contributed by atoms with Crippen LogP contribution in [0.25, 0.3) is 11.1 Å². The Labute approximate surface area is 174 Å². The second-order valence-corrected chi connectivity index (χ2v) is 7.71. The zero-order valence-corrected chi connectivity index (χ0v) is 16.7. The zero-order valence-electron chi connectivity index (χ0n) is 16.7. The molecule has 3 aromatic rings. The van der Waals surface area contributed by atoms with E-state index in [1.165, 1.54) is 5.56 Å². The summed E-state index contributed by atoms with van der Waals surface area (Å²) in [6.07, 6.45) is 2.94. The molecule has 0 fully saturated rings. The highest BCUT2D eigenvalue weighted by atomic mass is 16.7. The molecule has 0 saturated heterocycles. The van der Waals surface area contributed by atoms with Gasteiger partial charge in [-0.3, -0.25) is 4.79 Å². The van der Waals surface area contributed by atoms with E-state index in [2.05, 4.69) is 22.4 Å². The summed E-state index contributed by atoms with van der Waals surface area (Å²) < 4.78 is 16.9. The van der Waals surface area contributed by atoms with Gasteiger partial charge >= 0.3 is 0 Å². The molecule has 1 N–H and O–H groups in total. The molecule has 6 heteroatoms. The Balaban J connectivity index is 1.32. The summed E-state index contributed by atoms with van der Waals surface area (Å²) >= 11 is 0. The number of carbonyl (C=O) groups is 1. The van der Waals surface area contributed by atoms with E-state index in [0.717, 1.165) is 34.6 Å². The minimum atomic E-state index is -0.988. The Kier molecular flexibility index (Phi) is 4.54. The van der Waals surface area contributed by atoms with E-state index in [9.17, 15) is 4.79 Å². The first-order valence-corrected chi connectivity index (χ1v) is 10.0. The van der Waals surface area contributed by atoms with Crippen LogP contribution >= 0.6 is 0 Å². The molecule has 3 heterocycles. The molecule has 5 rings (SSSR count). The molecule has 0 saturated carbocycles. The molecule has 0 bridgehead atoms. The van der Waals surface area contributed by atoms with Gasteiger partial charge in [0.1, 0.15) is 0 Å². The Morgan fingerprint density at radius 3 is 2.80 bits per heavy atom. The Bertz CT molecular complexity index is 1100. The van der Waals surface area contributed by atoms with Crippen LogP contribution in [0.4, 0.5) is 0 Å². The minimum absolute atomic E-state index is 0.131. The number of ether oxygens (including phenoxy) is 3. The van der Waals surface area contributed by atoms with Crippen LogP contribution in [0.15, 0.2) is 60.8 Å². The number of hydrogen-bond donors (Lipinski definition) is 1. The maximum absolute atomic E-state index is 12.9. The van der Waals surface area contributed by atoms with Crippen molar-refractivity contribution in [2.45, 2.75) is 25.4 Å². The third-order valence-electron chi connectivity index (χ3n) is 5.56. The molecule has 1 amide bonds. The van der Waals surface area contributed by atoms with Gasteiger partial charge in [-0.25, -0.2) is 4.98 Å². The van der Waals surface area contributed by atoms with Crippen LogP contribution in [0.3, 0.4) is 0 Å². The molecule has 0 spiro atoms. The van der Waals surface area contributed by atoms with Gasteiger partial charge in [-0.2, -0.15) is 0 Å². The number of amides is 1. The lowest BCUT2D eigenvalue weighted by Crippen LogP contribution is -2.48. The van der Waals surface area contributed by atoms with Gasteiger partial charge in [-0.1, -0.05) is 36.4 Å². The van der Waals surface area contributed by atoms with E-state index in [1.54, 1.807) is 6.20 Å². The van der Waals surface area contributed by atoms with Crippen molar-refractivity contribution in [3.63, 3.8) is 0 Å². The molecule has 1 atom stereocenters. The maximum Gasteiger partial charge on any atom is 0.264 e. The van der Waals surface area contributed by atoms with Gasteiger partial charge in [0.2, 0.25) is 12.7 Å². The van der Waals surface area contributed by atoms with Gasteiger partial charge in [0, 0.05) is 24.7 Å². The zero-order chi connectivity index (χ0) is 20.6. The number of hydrogen-bond acceptors (Lipinski definition) is 5. The maximum atomic E-state index is 12.9. The lowest BCUT2D eigenvalue weighted by Gasteiger charge is -2.22. The van der Waals surface area contributed by atoms with Gasteiger partial charge in [0.15, 0.2) is 17.1 Å². The van der Waals surface area contributed by atoms with E-state index in [0.29, 0.717) is 18.8 Å². The van der Waals surface area contributed by atoms with Crippen LogP contribution in [-0.2, 0) is 17.6 Å². The predicted octanol–water partition coefficient (Wildman–Crippen LogP) is 3.53. The summed E-state index contributed by atoms with van der Waals surface area (Å²) in [5, 5.41) is 3.01. The summed E-state index contributed by atoms with van der Waals surface area (Å²) in [5.41, 5.74) is 3.09. The molecule has 2 aliphatic rings. The van der Waals surface area contributed by atoms with Crippen LogP contribution in [0.2, 0.25) is 0 Å². The van der Waals surface area contributed by atoms with E-state index >= 15 is 0 Å². The Hall–Kier alpha value is -3.54. The summed E-state index contributed by atoms with van der Waals surface area (Å²) in [5.74, 6) is 1.83. The highest BCUT2D eigenvalue weighted by Crippen LogP contribution is 2.42. The topological polar surface area (TPSA) is 69.7 Å². The number of rotatable bonds is 5. The number of aromatic nitrogens is 1. The summed E-state index contributed by atoms with van der Waals surface area (Å²) in [6, 6.07) is 17.9. The minimum Gasteiger partial charge on any atom is -0.461 e. The number of pyridine rings is 1. The lowest BCUT2D eigenvalue weighted by atomic mass is 9.93. The van der Waals surface area contributed by atoms with Crippen molar-refractivity contribution < 1.29 is 19.0 Å². The molecule has 1 aromatic heterocycles. The average Bonchev–Trinajstić information content (AvgIpc) is 3.37. The van der Waals surface area contributed by atoms with Crippen LogP contribution in [-0.4, -0.2) is 29.8 Å². The second kappa shape index (κ2) is 7.37. The van der Waals surface area contributed by atoms with E-state index in [-0.39, 0.29) is 12.7 Å². The highest BCUT2D eigenvalue weighted by Gasteiger charge is 2.43. The van der Waals surface area contributed by atoms with Crippen LogP contribution in [0.5, 0.6) is 17.4 Å². The summed E-state index contributed by atoms with van der Waals surface area (Å²) in [6.45, 7) is 2.61. The van der Waals surface area contributed by atoms with Crippen molar-refractivity contribution in [2.75, 3.05) is 13.3 Å². The fraction of sp³-hybridized carbons (Fsp3) is 0.250. The fourth-order valence-corrected chi connectivity index (χ4v) is 3.93. The van der Waals surface area contributed by atoms with Gasteiger partial charge in [-0.05, 0) is 48.2 Å². The van der Waals surface area contributed by atoms with Crippen LogP contribution in [0.1, 0.15) is 18.1 Å². The average molecular weight is 402 g/mol. The molecule has 1 unspecified atom stereocenters. The van der Waals surface area contributed by atoms with Crippen molar-refractivity contribution in [1.82, 2.24) is 10.3 Å². The van der Waals surface area contributed by atoms with Crippen molar-refractivity contribution in [1.29, 1.82) is 0 Å². The number of nitrogens with one attached hydrogen (secondary N) is 1. The quantitative estimate of drug-likeness (QED) is 0.707. The molecule has 30 heavy (non-hydrogen) atoms. The highest BCUT2D eigenvalue weighted by molar-refractivity contribution is 5.87. The van der Waals surface area contributed by atoms with Crippen molar-refractivity contribution in [3.8, 4) is 28.5 Å². The first kappa shape index (κ1) is 18.5. The largest absolute Gasteiger partial charge is 0.461 e. The molecule has 6 nitrogen and oxygen atoms in total. The Morgan fingerprint density at radius 1 is 1.10 bits per heavy atom. The molecule has 2 aromatic carbocycles. The van der Waals surface area contributed by atoms with E-state index in [4.69, 9.17) is 14.2 Å². The number of fused-ring (bicyclic) bond motifs is 2. The number of benzene rings is 2. The normalized spacial score (nSPS) is 18.6. The molecule has 0 aliphatic carbocycles. The van der Waals surface area contributed by atoms with E-state index < -0.39 is 5.60 Å². The molecular formula is C24H22N2O4. The van der Waals surface area contributed by atoms with Crippen LogP contribution < -0.4 is 19.5 Å². The predicted molar refractivity (Wildman–Crippen MR) is 112 cm³/mol. The number of nitrogens with zero attached hydrogens (tertiary/aromatic N) is 1. The molecular weight excluding hydrogens is 380 g/mol. The third kappa shape index (κ3) is 3.34. The first-order valence-electron chi connectivity index (χ1n) is 10.0. The first-order chi connectivity index (χ1) is 14.6. The third-order valence-corrected chi connectivity index (χ3v) is 5.56. The standard InChI is InChI=1S/C24H22N2O4/c1-24(23(27)26-11-9-16-5-3-2-4-6-16)14-19-18(10-12-25-22(19)30-24)17-7-8-20-21(13-17)29-15-28-20/h2-8,10,12-13H,9,11,14-15H2,1H3,(H,26,27). The molecule has 2 aliphatic heterocycles. The number of carbonyl (C=O) groups excluding carboxylic acids is 1. The van der Waals surface area contributed by atoms with Gasteiger partial charge in [0.25, 0.3) is 5.91 Å². The van der Waals surface area contributed by atoms with Gasteiger partial charge in [0.05, 0.1) is 0 Å². The fourth-order valence-electron chi connectivity index (χ4n) is 3.93. The monoisotopic (exact) mass is 402 g/mol. The molecule has 152 valence electrons. The van der Waals surface area contributed by atoms with Gasteiger partial charge < -0.3 is 19.5 Å². The SMILES string of the molecule is CC1(C(=O)NCCc2ccccc2)Cc2c(-c3ccc4c(c3)OCO4)ccnc2O1. The smallest absolute Gasteiger partial charge is 0.264 e. The lowest BCUT2D eigenvalue weighted by molar-refractivity contribution is -0.134. The van der Waals surface area contributed by atoms with E-state index in [1.807, 2.05) is 49.4 Å². The van der Waals surface area contributed by atoms with Gasteiger partial charge in [-0.15, -0.1) is 0 Å². The summed E-state index contributed by atoms with van der Waals surface area (Å²) in [7, 11) is 0. The second-order valence-electron chi connectivity index (χ2n) is 7.71. The molecule has 0 radical (unpaired) electrons. The Morgan fingerprint density at radius 2 is 1.93 bits per heavy atom. The summed E-state index contributed by atoms with van der Waals surface area (Å²) in [4.78, 5) is 17.3. The van der Waals surface area contributed by atoms with Crippen LogP contribution in [0, 0.1) is 0 Å². The van der Waals surface area contributed by atoms with Crippen molar-refractivity contribution >= 4 is 5.91 Å². The van der Waals surface area contributed by atoms with Crippen molar-refractivity contribution in [3.05, 3.63) is 71.9 Å².